The van der Waals surface area contributed by atoms with Gasteiger partial charge in [0.2, 0.25) is 21.8 Å². The Morgan fingerprint density at radius 2 is 1.56 bits per heavy atom. The third-order valence-corrected chi connectivity index (χ3v) is 7.94. The van der Waals surface area contributed by atoms with Crippen LogP contribution in [0.15, 0.2) is 42.7 Å². The fraction of sp³-hybridized carbons (Fsp3) is 0.500. The molecule has 0 aliphatic carbocycles. The maximum atomic E-state index is 12.7. The number of amides is 2. The number of aromatic nitrogens is 2. The predicted molar refractivity (Wildman–Crippen MR) is 120 cm³/mol. The largest absolute Gasteiger partial charge is 0.330 e. The first kappa shape index (κ1) is 22.6. The van der Waals surface area contributed by atoms with Gasteiger partial charge in [0, 0.05) is 76.6 Å². The number of carbonyl (C=O) groups excluding carboxylic acids is 2. The van der Waals surface area contributed by atoms with Gasteiger partial charge in [-0.25, -0.2) is 13.4 Å². The van der Waals surface area contributed by atoms with Gasteiger partial charge in [-0.1, -0.05) is 30.3 Å². The van der Waals surface area contributed by atoms with E-state index in [1.165, 1.54) is 4.31 Å². The molecule has 0 radical (unpaired) electrons. The van der Waals surface area contributed by atoms with E-state index in [1.807, 2.05) is 36.5 Å². The molecule has 2 aliphatic heterocycles. The van der Waals surface area contributed by atoms with Crippen molar-refractivity contribution in [1.82, 2.24) is 23.7 Å². The highest BCUT2D eigenvalue weighted by Crippen LogP contribution is 2.17. The zero-order valence-corrected chi connectivity index (χ0v) is 18.9. The lowest BCUT2D eigenvalue weighted by atomic mass is 10.1. The molecule has 0 saturated carbocycles. The molecular formula is C22H29N5O4S. The van der Waals surface area contributed by atoms with Crippen LogP contribution in [-0.2, 0) is 26.2 Å². The van der Waals surface area contributed by atoms with Crippen LogP contribution in [-0.4, -0.2) is 88.9 Å². The van der Waals surface area contributed by atoms with E-state index in [9.17, 15) is 18.0 Å². The second kappa shape index (κ2) is 9.93. The van der Waals surface area contributed by atoms with E-state index in [1.54, 1.807) is 6.20 Å². The molecule has 0 unspecified atom stereocenters. The van der Waals surface area contributed by atoms with Crippen LogP contribution in [0.3, 0.4) is 0 Å². The second-order valence-electron chi connectivity index (χ2n) is 8.16. The molecule has 32 heavy (non-hydrogen) atoms. The van der Waals surface area contributed by atoms with Gasteiger partial charge in [0.1, 0.15) is 5.82 Å². The van der Waals surface area contributed by atoms with Crippen LogP contribution in [0, 0.1) is 0 Å². The quantitative estimate of drug-likeness (QED) is 0.548. The molecule has 1 aromatic heterocycles. The zero-order chi connectivity index (χ0) is 22.6. The summed E-state index contributed by atoms with van der Waals surface area (Å²) in [5.74, 6) is 0.180. The average Bonchev–Trinajstić information content (AvgIpc) is 3.27. The first-order chi connectivity index (χ1) is 15.4. The Kier molecular flexibility index (Phi) is 7.02. The van der Waals surface area contributed by atoms with Gasteiger partial charge >= 0.3 is 0 Å². The number of imide groups is 1. The fourth-order valence-corrected chi connectivity index (χ4v) is 5.59. The molecule has 1 aromatic carbocycles. The number of likely N-dealkylation sites (tertiary alicyclic amines) is 1. The zero-order valence-electron chi connectivity index (χ0n) is 18.1. The summed E-state index contributed by atoms with van der Waals surface area (Å²) in [6.45, 7) is 3.66. The first-order valence-corrected chi connectivity index (χ1v) is 12.6. The third-order valence-electron chi connectivity index (χ3n) is 6.09. The molecule has 0 N–H and O–H groups in total. The number of carbonyl (C=O) groups is 2. The number of piperazine rings is 1. The number of hydrogen-bond donors (Lipinski definition) is 0. The summed E-state index contributed by atoms with van der Waals surface area (Å²) in [6, 6.07) is 10.0. The Morgan fingerprint density at radius 3 is 2.25 bits per heavy atom. The summed E-state index contributed by atoms with van der Waals surface area (Å²) in [5, 5.41) is 0. The van der Waals surface area contributed by atoms with E-state index < -0.39 is 10.0 Å². The van der Waals surface area contributed by atoms with Gasteiger partial charge in [0.25, 0.3) is 0 Å². The van der Waals surface area contributed by atoms with Gasteiger partial charge < -0.3 is 4.57 Å². The van der Waals surface area contributed by atoms with E-state index >= 15 is 0 Å². The minimum Gasteiger partial charge on any atom is -0.330 e. The smallest absolute Gasteiger partial charge is 0.229 e. The summed E-state index contributed by atoms with van der Waals surface area (Å²) in [6.07, 6.45) is 4.94. The Labute approximate surface area is 188 Å². The Hall–Kier alpha value is -2.56. The third kappa shape index (κ3) is 5.25. The lowest BCUT2D eigenvalue weighted by Gasteiger charge is -2.34. The minimum absolute atomic E-state index is 0.0525. The van der Waals surface area contributed by atoms with Crippen molar-refractivity contribution in [1.29, 1.82) is 0 Å². The summed E-state index contributed by atoms with van der Waals surface area (Å²) in [7, 11) is -3.51. The first-order valence-electron chi connectivity index (χ1n) is 11.0. The van der Waals surface area contributed by atoms with E-state index in [4.69, 9.17) is 0 Å². The minimum atomic E-state index is -3.51. The highest BCUT2D eigenvalue weighted by atomic mass is 32.2. The number of benzene rings is 1. The molecule has 2 fully saturated rings. The maximum Gasteiger partial charge on any atom is 0.229 e. The summed E-state index contributed by atoms with van der Waals surface area (Å²) in [4.78, 5) is 31.6. The fourth-order valence-electron chi connectivity index (χ4n) is 4.20. The number of piperidine rings is 1. The van der Waals surface area contributed by atoms with Gasteiger partial charge in [-0.3, -0.25) is 19.4 Å². The number of imidazole rings is 1. The molecule has 172 valence electrons. The standard InChI is InChI=1S/C22H29N5O4S/c28-20-7-4-8-21(29)27(20)17-18-32(30,31)26-15-12-24(13-16-26)11-14-25-10-9-23-22(25)19-5-2-1-3-6-19/h1-3,5-6,9-10H,4,7-8,11-18H2. The molecule has 2 amide bonds. The van der Waals surface area contributed by atoms with Crippen LogP contribution < -0.4 is 0 Å². The number of rotatable bonds is 8. The number of hydrogen-bond acceptors (Lipinski definition) is 6. The Balaban J connectivity index is 1.26. The predicted octanol–water partition coefficient (Wildman–Crippen LogP) is 1.04. The molecule has 2 aromatic rings. The molecule has 2 saturated heterocycles. The van der Waals surface area contributed by atoms with Crippen LogP contribution in [0.25, 0.3) is 11.4 Å². The highest BCUT2D eigenvalue weighted by molar-refractivity contribution is 7.89. The maximum absolute atomic E-state index is 12.7. The van der Waals surface area contributed by atoms with E-state index in [0.29, 0.717) is 45.4 Å². The van der Waals surface area contributed by atoms with Crippen LogP contribution >= 0.6 is 0 Å². The average molecular weight is 460 g/mol. The summed E-state index contributed by atoms with van der Waals surface area (Å²) >= 11 is 0. The van der Waals surface area contributed by atoms with Crippen LogP contribution in [0.2, 0.25) is 0 Å². The van der Waals surface area contributed by atoms with Gasteiger partial charge in [-0.05, 0) is 6.42 Å². The lowest BCUT2D eigenvalue weighted by molar-refractivity contribution is -0.147. The van der Waals surface area contributed by atoms with Gasteiger partial charge in [-0.15, -0.1) is 0 Å². The molecule has 4 rings (SSSR count). The van der Waals surface area contributed by atoms with Crippen molar-refractivity contribution >= 4 is 21.8 Å². The van der Waals surface area contributed by atoms with Gasteiger partial charge in [0.15, 0.2) is 0 Å². The Morgan fingerprint density at radius 1 is 0.875 bits per heavy atom. The van der Waals surface area contributed by atoms with Crippen molar-refractivity contribution < 1.29 is 18.0 Å². The van der Waals surface area contributed by atoms with Crippen molar-refractivity contribution in [2.24, 2.45) is 0 Å². The van der Waals surface area contributed by atoms with Crippen molar-refractivity contribution in [2.45, 2.75) is 25.8 Å². The topological polar surface area (TPSA) is 95.8 Å². The van der Waals surface area contributed by atoms with Gasteiger partial charge in [-0.2, -0.15) is 4.31 Å². The molecule has 0 spiro atoms. The molecule has 0 atom stereocenters. The molecule has 10 heteroatoms. The summed E-state index contributed by atoms with van der Waals surface area (Å²) in [5.41, 5.74) is 1.07. The van der Waals surface area contributed by atoms with Crippen LogP contribution in [0.4, 0.5) is 0 Å². The SMILES string of the molecule is O=C1CCCC(=O)N1CCS(=O)(=O)N1CCN(CCn2ccnc2-c2ccccc2)CC1. The monoisotopic (exact) mass is 459 g/mol. The van der Waals surface area contributed by atoms with Crippen molar-refractivity contribution in [2.75, 3.05) is 45.0 Å². The van der Waals surface area contributed by atoms with E-state index in [2.05, 4.69) is 14.5 Å². The molecule has 2 aliphatic rings. The summed E-state index contributed by atoms with van der Waals surface area (Å²) < 4.78 is 29.1. The molecule has 9 nitrogen and oxygen atoms in total. The molecule has 0 bridgehead atoms. The normalized spacial score (nSPS) is 18.9. The van der Waals surface area contributed by atoms with Crippen LogP contribution in [0.1, 0.15) is 19.3 Å². The molecule has 3 heterocycles. The second-order valence-corrected chi connectivity index (χ2v) is 10.2. The van der Waals surface area contributed by atoms with E-state index in [-0.39, 0.29) is 24.1 Å². The Bertz CT molecular complexity index is 1030. The molecular weight excluding hydrogens is 430 g/mol. The number of sulfonamides is 1. The van der Waals surface area contributed by atoms with Gasteiger partial charge in [0.05, 0.1) is 5.75 Å². The van der Waals surface area contributed by atoms with Crippen molar-refractivity contribution in [3.63, 3.8) is 0 Å². The van der Waals surface area contributed by atoms with Crippen LogP contribution in [0.5, 0.6) is 0 Å². The van der Waals surface area contributed by atoms with Crippen molar-refractivity contribution in [3.05, 3.63) is 42.7 Å². The highest BCUT2D eigenvalue weighted by Gasteiger charge is 2.31. The van der Waals surface area contributed by atoms with Crippen molar-refractivity contribution in [3.8, 4) is 11.4 Å². The lowest BCUT2D eigenvalue weighted by Crippen LogP contribution is -2.51. The van der Waals surface area contributed by atoms with E-state index in [0.717, 1.165) is 29.4 Å². The number of nitrogens with zero attached hydrogens (tertiary/aromatic N) is 5.